The van der Waals surface area contributed by atoms with Gasteiger partial charge in [-0.15, -0.1) is 5.10 Å². The summed E-state index contributed by atoms with van der Waals surface area (Å²) in [7, 11) is -4.05. The molecule has 0 radical (unpaired) electrons. The van der Waals surface area contributed by atoms with Crippen LogP contribution in [0.4, 0.5) is 5.69 Å². The molecule has 0 unspecified atom stereocenters. The highest BCUT2D eigenvalue weighted by atomic mass is 35.5. The van der Waals surface area contributed by atoms with Gasteiger partial charge in [0.1, 0.15) is 5.75 Å². The summed E-state index contributed by atoms with van der Waals surface area (Å²) < 4.78 is 29.8. The molecule has 0 fully saturated rings. The largest absolute Gasteiger partial charge is 0.406 e. The minimum absolute atomic E-state index is 0.102. The Hall–Kier alpha value is -1.97. The van der Waals surface area contributed by atoms with E-state index in [2.05, 4.69) is 21.2 Å². The second-order valence-electron chi connectivity index (χ2n) is 5.98. The van der Waals surface area contributed by atoms with Crippen LogP contribution in [0, 0.1) is 12.8 Å². The van der Waals surface area contributed by atoms with E-state index in [0.29, 0.717) is 16.3 Å². The van der Waals surface area contributed by atoms with E-state index in [1.807, 2.05) is 13.8 Å². The van der Waals surface area contributed by atoms with E-state index < -0.39 is 26.7 Å². The third kappa shape index (κ3) is 4.56. The highest BCUT2D eigenvalue weighted by Crippen LogP contribution is 2.23. The number of nitrogens with one attached hydrogen (secondary N) is 1. The molecule has 8 nitrogen and oxygen atoms in total. The van der Waals surface area contributed by atoms with Crippen molar-refractivity contribution >= 4 is 33.0 Å². The van der Waals surface area contributed by atoms with Gasteiger partial charge < -0.3 is 15.5 Å². The van der Waals surface area contributed by atoms with E-state index in [1.165, 1.54) is 0 Å². The Labute approximate surface area is 150 Å². The third-order valence-corrected chi connectivity index (χ3v) is 5.42. The van der Waals surface area contributed by atoms with Gasteiger partial charge in [-0.25, -0.2) is 8.42 Å². The molecule has 1 atom stereocenters. The summed E-state index contributed by atoms with van der Waals surface area (Å²) in [6, 6.07) is 4.63. The Morgan fingerprint density at radius 3 is 2.68 bits per heavy atom. The van der Waals surface area contributed by atoms with Gasteiger partial charge in [0.25, 0.3) is 5.89 Å². The second-order valence-corrected chi connectivity index (χ2v) is 8.25. The number of benzene rings is 1. The van der Waals surface area contributed by atoms with Crippen LogP contribution in [-0.2, 0) is 14.6 Å². The molecule has 0 saturated heterocycles. The van der Waals surface area contributed by atoms with Gasteiger partial charge in [-0.2, -0.15) is 0 Å². The van der Waals surface area contributed by atoms with E-state index in [9.17, 15) is 13.2 Å². The van der Waals surface area contributed by atoms with Crippen molar-refractivity contribution in [3.63, 3.8) is 0 Å². The number of hydrogen-bond acceptors (Lipinski definition) is 6. The molecule has 2 rings (SSSR count). The maximum atomic E-state index is 12.3. The fourth-order valence-electron chi connectivity index (χ4n) is 1.94. The monoisotopic (exact) mass is 387 g/mol. The van der Waals surface area contributed by atoms with Crippen molar-refractivity contribution in [1.29, 1.82) is 0 Å². The maximum Gasteiger partial charge on any atom is 0.336 e. The minimum Gasteiger partial charge on any atom is -0.406 e. The minimum atomic E-state index is -4.05. The Morgan fingerprint density at radius 2 is 2.04 bits per heavy atom. The molecule has 4 N–H and O–H groups in total. The summed E-state index contributed by atoms with van der Waals surface area (Å²) >= 11 is 5.98. The molecule has 0 aliphatic carbocycles. The van der Waals surface area contributed by atoms with Crippen LogP contribution in [0.15, 0.2) is 27.8 Å². The molecule has 1 aromatic carbocycles. The number of anilines is 1. The smallest absolute Gasteiger partial charge is 0.336 e. The molecule has 10 heteroatoms. The number of amides is 1. The lowest BCUT2D eigenvalue weighted by molar-refractivity contribution is -0.443. The average molecular weight is 388 g/mol. The van der Waals surface area contributed by atoms with Crippen molar-refractivity contribution in [3.05, 3.63) is 34.7 Å². The quantitative estimate of drug-likeness (QED) is 0.770. The molecular formula is C15H20ClN4O4S+. The number of nitrogens with zero attached hydrogens (tertiary/aromatic N) is 2. The summed E-state index contributed by atoms with van der Waals surface area (Å²) in [5.74, 6) is -1.31. The number of hydrogen-bond donors (Lipinski definition) is 2. The van der Waals surface area contributed by atoms with Crippen LogP contribution in [0.3, 0.4) is 0 Å². The zero-order valence-electron chi connectivity index (χ0n) is 14.1. The van der Waals surface area contributed by atoms with E-state index in [1.54, 1.807) is 25.1 Å². The number of sulfone groups is 1. The van der Waals surface area contributed by atoms with E-state index in [-0.39, 0.29) is 17.9 Å². The van der Waals surface area contributed by atoms with E-state index in [0.717, 1.165) is 0 Å². The summed E-state index contributed by atoms with van der Waals surface area (Å²) in [4.78, 5) is 12.1. The van der Waals surface area contributed by atoms with Gasteiger partial charge >= 0.3 is 5.22 Å². The standard InChI is InChI=1S/C15H19ClN4O4S/c1-8(2)13(17)14-19-20-15(24-14)25(22,23)7-12(21)18-11-6-4-5-10(16)9(11)3/h4-6,8,13H,7,17H2,1-3H3,(H,18,21)/p+1/t13-/m0/s1. The topological polar surface area (TPSA) is 130 Å². The second kappa shape index (κ2) is 7.51. The number of aromatic nitrogens is 2. The van der Waals surface area contributed by atoms with Crippen molar-refractivity contribution in [1.82, 2.24) is 10.2 Å². The Morgan fingerprint density at radius 1 is 1.36 bits per heavy atom. The third-order valence-electron chi connectivity index (χ3n) is 3.67. The lowest BCUT2D eigenvalue weighted by Crippen LogP contribution is -2.56. The van der Waals surface area contributed by atoms with Crippen molar-refractivity contribution in [2.45, 2.75) is 32.0 Å². The summed E-state index contributed by atoms with van der Waals surface area (Å²) in [6.45, 7) is 5.52. The van der Waals surface area contributed by atoms with Gasteiger partial charge in [0.15, 0.2) is 6.04 Å². The predicted molar refractivity (Wildman–Crippen MR) is 91.6 cm³/mol. The van der Waals surface area contributed by atoms with Crippen molar-refractivity contribution in [2.24, 2.45) is 5.92 Å². The fraction of sp³-hybridized carbons (Fsp3) is 0.400. The molecule has 1 aromatic heterocycles. The highest BCUT2D eigenvalue weighted by molar-refractivity contribution is 7.91. The van der Waals surface area contributed by atoms with Gasteiger partial charge in [-0.1, -0.05) is 36.6 Å². The van der Waals surface area contributed by atoms with Crippen molar-refractivity contribution < 1.29 is 23.4 Å². The molecule has 136 valence electrons. The van der Waals surface area contributed by atoms with Gasteiger partial charge in [0.2, 0.25) is 15.7 Å². The first-order valence-electron chi connectivity index (χ1n) is 7.56. The van der Waals surface area contributed by atoms with Gasteiger partial charge in [0, 0.05) is 16.6 Å². The molecular weight excluding hydrogens is 368 g/mol. The van der Waals surface area contributed by atoms with Gasteiger partial charge in [0.05, 0.1) is 0 Å². The highest BCUT2D eigenvalue weighted by Gasteiger charge is 2.29. The van der Waals surface area contributed by atoms with Crippen LogP contribution in [0.2, 0.25) is 5.02 Å². The lowest BCUT2D eigenvalue weighted by atomic mass is 10.1. The SMILES string of the molecule is Cc1c(Cl)cccc1NC(=O)CS(=O)(=O)c1nnc([C@@H]([NH3+])C(C)C)o1. The van der Waals surface area contributed by atoms with Gasteiger partial charge in [-0.3, -0.25) is 4.79 Å². The number of carbonyl (C=O) groups is 1. The zero-order chi connectivity index (χ0) is 18.8. The molecule has 1 heterocycles. The normalized spacial score (nSPS) is 13.0. The number of carbonyl (C=O) groups excluding carboxylic acids is 1. The first-order chi connectivity index (χ1) is 11.6. The van der Waals surface area contributed by atoms with Crippen LogP contribution >= 0.6 is 11.6 Å². The molecule has 0 spiro atoms. The zero-order valence-corrected chi connectivity index (χ0v) is 15.7. The molecule has 0 aliphatic heterocycles. The van der Waals surface area contributed by atoms with Crippen molar-refractivity contribution in [2.75, 3.05) is 11.1 Å². The van der Waals surface area contributed by atoms with Gasteiger partial charge in [-0.05, 0) is 24.6 Å². The molecule has 2 aromatic rings. The lowest BCUT2D eigenvalue weighted by Gasteiger charge is -2.09. The molecule has 0 saturated carbocycles. The molecule has 1 amide bonds. The number of rotatable bonds is 6. The Balaban J connectivity index is 2.13. The maximum absolute atomic E-state index is 12.3. The van der Waals surface area contributed by atoms with Crippen LogP contribution < -0.4 is 11.1 Å². The van der Waals surface area contributed by atoms with Crippen LogP contribution in [0.5, 0.6) is 0 Å². The number of halogens is 1. The van der Waals surface area contributed by atoms with Crippen LogP contribution in [0.1, 0.15) is 31.3 Å². The average Bonchev–Trinajstić information content (AvgIpc) is 3.01. The summed E-state index contributed by atoms with van der Waals surface area (Å²) in [5.41, 5.74) is 4.94. The fourth-order valence-corrected chi connectivity index (χ4v) is 3.04. The van der Waals surface area contributed by atoms with E-state index >= 15 is 0 Å². The molecule has 0 bridgehead atoms. The molecule has 25 heavy (non-hydrogen) atoms. The summed E-state index contributed by atoms with van der Waals surface area (Å²) in [5, 5.41) is 9.65. The van der Waals surface area contributed by atoms with Crippen LogP contribution in [0.25, 0.3) is 0 Å². The van der Waals surface area contributed by atoms with Crippen LogP contribution in [-0.4, -0.2) is 30.3 Å². The number of quaternary nitrogens is 1. The first kappa shape index (κ1) is 19.4. The first-order valence-corrected chi connectivity index (χ1v) is 9.59. The Kier molecular flexibility index (Phi) is 5.81. The van der Waals surface area contributed by atoms with Crippen molar-refractivity contribution in [3.8, 4) is 0 Å². The predicted octanol–water partition coefficient (Wildman–Crippen LogP) is 1.38. The molecule has 0 aliphatic rings. The summed E-state index contributed by atoms with van der Waals surface area (Å²) in [6.07, 6.45) is 0. The Bertz CT molecular complexity index is 879. The van der Waals surface area contributed by atoms with E-state index in [4.69, 9.17) is 16.0 Å².